The Balaban J connectivity index is 2.02. The predicted octanol–water partition coefficient (Wildman–Crippen LogP) is 2.92. The molecule has 3 rings (SSSR count). The fourth-order valence-corrected chi connectivity index (χ4v) is 2.34. The van der Waals surface area contributed by atoms with Gasteiger partial charge in [-0.2, -0.15) is 0 Å². The van der Waals surface area contributed by atoms with Gasteiger partial charge in [0.2, 0.25) is 0 Å². The summed E-state index contributed by atoms with van der Waals surface area (Å²) in [7, 11) is 0. The van der Waals surface area contributed by atoms with Gasteiger partial charge in [-0.25, -0.2) is 0 Å². The van der Waals surface area contributed by atoms with Crippen LogP contribution in [0.15, 0.2) is 48.5 Å². The molecule has 2 N–H and O–H groups in total. The number of benzene rings is 2. The van der Waals surface area contributed by atoms with Crippen LogP contribution in [-0.4, -0.2) is 16.8 Å². The Hall–Kier alpha value is -2.88. The van der Waals surface area contributed by atoms with Crippen molar-refractivity contribution in [3.8, 4) is 5.75 Å². The van der Waals surface area contributed by atoms with Gasteiger partial charge in [-0.3, -0.25) is 9.59 Å². The molecule has 0 saturated heterocycles. The molecule has 4 nitrogen and oxygen atoms in total. The maximum atomic E-state index is 12.3. The summed E-state index contributed by atoms with van der Waals surface area (Å²) >= 11 is 0. The standard InChI is InChI=1S/C17H13NO3/c1-10-6-7-12(15(19)8-10)16(20)9-13-11-4-2-3-5-14(11)18-17(13)21/h2-9,19H,1H3,(H,18,21)/b13-9+. The van der Waals surface area contributed by atoms with Crippen molar-refractivity contribution in [2.45, 2.75) is 6.92 Å². The molecule has 0 spiro atoms. The van der Waals surface area contributed by atoms with Gasteiger partial charge in [-0.1, -0.05) is 24.3 Å². The zero-order valence-corrected chi connectivity index (χ0v) is 11.4. The van der Waals surface area contributed by atoms with Gasteiger partial charge in [0, 0.05) is 11.3 Å². The molecule has 4 heteroatoms. The molecule has 2 aromatic rings. The van der Waals surface area contributed by atoms with E-state index in [1.165, 1.54) is 12.1 Å². The van der Waals surface area contributed by atoms with Gasteiger partial charge in [-0.05, 0) is 36.8 Å². The van der Waals surface area contributed by atoms with E-state index in [1.807, 2.05) is 13.0 Å². The molecule has 1 amide bonds. The van der Waals surface area contributed by atoms with E-state index in [2.05, 4.69) is 5.32 Å². The van der Waals surface area contributed by atoms with Gasteiger partial charge >= 0.3 is 0 Å². The summed E-state index contributed by atoms with van der Waals surface area (Å²) in [6.07, 6.45) is 1.27. The molecule has 0 bridgehead atoms. The van der Waals surface area contributed by atoms with Crippen LogP contribution in [0.5, 0.6) is 5.75 Å². The molecule has 0 saturated carbocycles. The fraction of sp³-hybridized carbons (Fsp3) is 0.0588. The lowest BCUT2D eigenvalue weighted by atomic mass is 10.0. The van der Waals surface area contributed by atoms with Crippen LogP contribution in [0.3, 0.4) is 0 Å². The van der Waals surface area contributed by atoms with Crippen molar-refractivity contribution in [3.63, 3.8) is 0 Å². The number of carbonyl (C=O) groups is 2. The molecule has 1 heterocycles. The number of para-hydroxylation sites is 1. The largest absolute Gasteiger partial charge is 0.507 e. The van der Waals surface area contributed by atoms with Crippen molar-refractivity contribution < 1.29 is 14.7 Å². The van der Waals surface area contributed by atoms with Crippen LogP contribution in [0, 0.1) is 6.92 Å². The second-order valence-corrected chi connectivity index (χ2v) is 4.94. The zero-order chi connectivity index (χ0) is 15.0. The lowest BCUT2D eigenvalue weighted by molar-refractivity contribution is -0.110. The summed E-state index contributed by atoms with van der Waals surface area (Å²) in [4.78, 5) is 24.2. The lowest BCUT2D eigenvalue weighted by Gasteiger charge is -2.02. The van der Waals surface area contributed by atoms with Gasteiger partial charge in [0.1, 0.15) is 5.75 Å². The van der Waals surface area contributed by atoms with Crippen molar-refractivity contribution >= 4 is 23.0 Å². The summed E-state index contributed by atoms with van der Waals surface area (Å²) < 4.78 is 0. The molecule has 1 aliphatic heterocycles. The Morgan fingerprint density at radius 3 is 2.71 bits per heavy atom. The van der Waals surface area contributed by atoms with Crippen molar-refractivity contribution in [1.82, 2.24) is 0 Å². The Labute approximate surface area is 121 Å². The van der Waals surface area contributed by atoms with Gasteiger partial charge < -0.3 is 10.4 Å². The molecule has 0 atom stereocenters. The number of ketones is 1. The first-order valence-corrected chi connectivity index (χ1v) is 6.52. The number of amides is 1. The number of phenols is 1. The van der Waals surface area contributed by atoms with Crippen molar-refractivity contribution in [2.75, 3.05) is 5.32 Å². The predicted molar refractivity (Wildman–Crippen MR) is 80.2 cm³/mol. The Kier molecular flexibility index (Phi) is 3.06. The molecule has 2 aromatic carbocycles. The number of fused-ring (bicyclic) bond motifs is 1. The highest BCUT2D eigenvalue weighted by atomic mass is 16.3. The summed E-state index contributed by atoms with van der Waals surface area (Å²) in [6.45, 7) is 1.83. The van der Waals surface area contributed by atoms with E-state index >= 15 is 0 Å². The minimum Gasteiger partial charge on any atom is -0.507 e. The quantitative estimate of drug-likeness (QED) is 0.656. The number of aryl methyl sites for hydroxylation is 1. The lowest BCUT2D eigenvalue weighted by Crippen LogP contribution is -2.06. The number of allylic oxidation sites excluding steroid dienone is 1. The van der Waals surface area contributed by atoms with Crippen LogP contribution in [-0.2, 0) is 4.79 Å². The Morgan fingerprint density at radius 2 is 1.95 bits per heavy atom. The van der Waals surface area contributed by atoms with Gasteiger partial charge in [-0.15, -0.1) is 0 Å². The minimum atomic E-state index is -0.394. The monoisotopic (exact) mass is 279 g/mol. The van der Waals surface area contributed by atoms with Crippen molar-refractivity contribution in [3.05, 3.63) is 65.2 Å². The third kappa shape index (κ3) is 2.31. The van der Waals surface area contributed by atoms with Gasteiger partial charge in [0.05, 0.1) is 11.1 Å². The number of nitrogens with one attached hydrogen (secondary N) is 1. The molecule has 0 unspecified atom stereocenters. The maximum Gasteiger partial charge on any atom is 0.256 e. The number of anilines is 1. The van der Waals surface area contributed by atoms with Crippen LogP contribution in [0.2, 0.25) is 0 Å². The summed E-state index contributed by atoms with van der Waals surface area (Å²) in [5.41, 5.74) is 2.75. The highest BCUT2D eigenvalue weighted by Crippen LogP contribution is 2.32. The second-order valence-electron chi connectivity index (χ2n) is 4.94. The third-order valence-electron chi connectivity index (χ3n) is 3.40. The fourth-order valence-electron chi connectivity index (χ4n) is 2.34. The zero-order valence-electron chi connectivity index (χ0n) is 11.4. The molecule has 21 heavy (non-hydrogen) atoms. The van der Waals surface area contributed by atoms with E-state index in [1.54, 1.807) is 30.3 Å². The van der Waals surface area contributed by atoms with Crippen molar-refractivity contribution in [1.29, 1.82) is 0 Å². The van der Waals surface area contributed by atoms with Crippen LogP contribution in [0.1, 0.15) is 21.5 Å². The SMILES string of the molecule is Cc1ccc(C(=O)/C=C2/C(=O)Nc3ccccc32)c(O)c1. The maximum absolute atomic E-state index is 12.3. The second kappa shape index (κ2) is 4.90. The van der Waals surface area contributed by atoms with Crippen molar-refractivity contribution in [2.24, 2.45) is 0 Å². The van der Waals surface area contributed by atoms with E-state index in [4.69, 9.17) is 0 Å². The first-order valence-electron chi connectivity index (χ1n) is 6.52. The number of carbonyl (C=O) groups excluding carboxylic acids is 2. The van der Waals surface area contributed by atoms with E-state index in [-0.39, 0.29) is 17.2 Å². The normalized spacial score (nSPS) is 14.9. The number of phenolic OH excluding ortho intramolecular Hbond substituents is 1. The average molecular weight is 279 g/mol. The topological polar surface area (TPSA) is 66.4 Å². The summed E-state index contributed by atoms with van der Waals surface area (Å²) in [6, 6.07) is 12.0. The summed E-state index contributed by atoms with van der Waals surface area (Å²) in [5.74, 6) is -0.783. The highest BCUT2D eigenvalue weighted by molar-refractivity contribution is 6.35. The number of hydrogen-bond acceptors (Lipinski definition) is 3. The average Bonchev–Trinajstić information content (AvgIpc) is 2.75. The Bertz CT molecular complexity index is 790. The minimum absolute atomic E-state index is 0.0801. The van der Waals surface area contributed by atoms with Crippen LogP contribution in [0.4, 0.5) is 5.69 Å². The molecule has 0 radical (unpaired) electrons. The summed E-state index contributed by atoms with van der Waals surface area (Å²) in [5, 5.41) is 12.6. The highest BCUT2D eigenvalue weighted by Gasteiger charge is 2.24. The van der Waals surface area contributed by atoms with E-state index in [9.17, 15) is 14.7 Å². The molecule has 1 aliphatic rings. The smallest absolute Gasteiger partial charge is 0.256 e. The van der Waals surface area contributed by atoms with Crippen LogP contribution < -0.4 is 5.32 Å². The third-order valence-corrected chi connectivity index (χ3v) is 3.40. The molecular formula is C17H13NO3. The van der Waals surface area contributed by atoms with Gasteiger partial charge in [0.15, 0.2) is 5.78 Å². The first kappa shape index (κ1) is 13.1. The van der Waals surface area contributed by atoms with Gasteiger partial charge in [0.25, 0.3) is 5.91 Å². The van der Waals surface area contributed by atoms with E-state index < -0.39 is 5.78 Å². The van der Waals surface area contributed by atoms with Crippen LogP contribution in [0.25, 0.3) is 5.57 Å². The molecule has 0 aromatic heterocycles. The van der Waals surface area contributed by atoms with E-state index in [0.29, 0.717) is 16.8 Å². The number of hydrogen-bond donors (Lipinski definition) is 2. The Morgan fingerprint density at radius 1 is 1.19 bits per heavy atom. The molecule has 0 fully saturated rings. The van der Waals surface area contributed by atoms with E-state index in [0.717, 1.165) is 5.56 Å². The first-order chi connectivity index (χ1) is 10.1. The molecular weight excluding hydrogens is 266 g/mol. The number of rotatable bonds is 2. The van der Waals surface area contributed by atoms with Crippen LogP contribution >= 0.6 is 0 Å². The molecule has 0 aliphatic carbocycles. The number of aromatic hydroxyl groups is 1. The molecule has 104 valence electrons.